The van der Waals surface area contributed by atoms with E-state index >= 15 is 0 Å². The van der Waals surface area contributed by atoms with Gasteiger partial charge in [-0.2, -0.15) is 0 Å². The fourth-order valence-corrected chi connectivity index (χ4v) is 4.09. The van der Waals surface area contributed by atoms with Crippen LogP contribution in [0.5, 0.6) is 0 Å². The number of hydrogen-bond acceptors (Lipinski definition) is 3. The van der Waals surface area contributed by atoms with Gasteiger partial charge < -0.3 is 10.2 Å². The summed E-state index contributed by atoms with van der Waals surface area (Å²) < 4.78 is 1.14. The summed E-state index contributed by atoms with van der Waals surface area (Å²) >= 11 is 1.60. The van der Waals surface area contributed by atoms with Gasteiger partial charge in [-0.3, -0.25) is 9.59 Å². The van der Waals surface area contributed by atoms with Crippen molar-refractivity contribution in [1.29, 1.82) is 0 Å². The third kappa shape index (κ3) is 1.66. The van der Waals surface area contributed by atoms with Crippen LogP contribution in [0.25, 0.3) is 10.1 Å². The van der Waals surface area contributed by atoms with Crippen molar-refractivity contribution in [1.82, 2.24) is 10.2 Å². The molecule has 5 heteroatoms. The highest BCUT2D eigenvalue weighted by molar-refractivity contribution is 7.17. The lowest BCUT2D eigenvalue weighted by atomic mass is 9.87. The lowest BCUT2D eigenvalue weighted by Gasteiger charge is -2.47. The summed E-state index contributed by atoms with van der Waals surface area (Å²) in [7, 11) is 0. The van der Waals surface area contributed by atoms with Crippen molar-refractivity contribution in [3.8, 4) is 0 Å². The SMILES string of the molecule is O=C1CCC2(CN(C(=O)c3csc4ccccc34)C2)N1. The second-order valence-electron chi connectivity index (χ2n) is 5.64. The number of carbonyl (C=O) groups is 2. The van der Waals surface area contributed by atoms with Gasteiger partial charge in [-0.1, -0.05) is 18.2 Å². The van der Waals surface area contributed by atoms with Gasteiger partial charge in [0.15, 0.2) is 0 Å². The van der Waals surface area contributed by atoms with Crippen molar-refractivity contribution in [2.75, 3.05) is 13.1 Å². The van der Waals surface area contributed by atoms with Crippen LogP contribution in [0.15, 0.2) is 29.6 Å². The topological polar surface area (TPSA) is 49.4 Å². The monoisotopic (exact) mass is 286 g/mol. The highest BCUT2D eigenvalue weighted by Crippen LogP contribution is 2.33. The summed E-state index contributed by atoms with van der Waals surface area (Å²) in [5.41, 5.74) is 0.642. The maximum atomic E-state index is 12.5. The molecule has 1 N–H and O–H groups in total. The number of hydrogen-bond donors (Lipinski definition) is 1. The van der Waals surface area contributed by atoms with Gasteiger partial charge in [-0.15, -0.1) is 11.3 Å². The lowest BCUT2D eigenvalue weighted by molar-refractivity contribution is -0.120. The van der Waals surface area contributed by atoms with Crippen molar-refractivity contribution in [2.24, 2.45) is 0 Å². The van der Waals surface area contributed by atoms with Crippen LogP contribution in [0.4, 0.5) is 0 Å². The Morgan fingerprint density at radius 2 is 2.10 bits per heavy atom. The number of likely N-dealkylation sites (tertiary alicyclic amines) is 1. The van der Waals surface area contributed by atoms with Gasteiger partial charge in [0.1, 0.15) is 0 Å². The molecule has 0 bridgehead atoms. The zero-order valence-electron chi connectivity index (χ0n) is 10.9. The van der Waals surface area contributed by atoms with Crippen molar-refractivity contribution in [3.63, 3.8) is 0 Å². The Morgan fingerprint density at radius 3 is 2.85 bits per heavy atom. The lowest BCUT2D eigenvalue weighted by Crippen LogP contribution is -2.68. The third-order valence-corrected chi connectivity index (χ3v) is 5.18. The minimum absolute atomic E-state index is 0.0780. The van der Waals surface area contributed by atoms with Gasteiger partial charge in [0.05, 0.1) is 11.1 Å². The van der Waals surface area contributed by atoms with E-state index in [9.17, 15) is 9.59 Å². The van der Waals surface area contributed by atoms with E-state index < -0.39 is 0 Å². The maximum Gasteiger partial charge on any atom is 0.255 e. The molecule has 0 radical (unpaired) electrons. The Morgan fingerprint density at radius 1 is 1.30 bits per heavy atom. The molecule has 1 spiro atoms. The highest BCUT2D eigenvalue weighted by atomic mass is 32.1. The Labute approximate surface area is 120 Å². The number of nitrogens with zero attached hydrogens (tertiary/aromatic N) is 1. The van der Waals surface area contributed by atoms with E-state index in [-0.39, 0.29) is 17.4 Å². The summed E-state index contributed by atoms with van der Waals surface area (Å²) in [6.45, 7) is 1.28. The summed E-state index contributed by atoms with van der Waals surface area (Å²) in [4.78, 5) is 25.7. The molecule has 0 atom stereocenters. The molecule has 0 saturated carbocycles. The third-order valence-electron chi connectivity index (χ3n) is 4.22. The van der Waals surface area contributed by atoms with Gasteiger partial charge in [0.2, 0.25) is 5.91 Å². The molecule has 1 aromatic heterocycles. The van der Waals surface area contributed by atoms with Gasteiger partial charge in [-0.05, 0) is 12.5 Å². The van der Waals surface area contributed by atoms with Crippen LogP contribution in [-0.4, -0.2) is 35.3 Å². The zero-order valence-corrected chi connectivity index (χ0v) is 11.7. The first kappa shape index (κ1) is 11.9. The Kier molecular flexibility index (Phi) is 2.41. The van der Waals surface area contributed by atoms with E-state index in [1.54, 1.807) is 11.3 Å². The van der Waals surface area contributed by atoms with E-state index in [2.05, 4.69) is 5.32 Å². The molecule has 20 heavy (non-hydrogen) atoms. The van der Waals surface area contributed by atoms with Gasteiger partial charge in [0.25, 0.3) is 5.91 Å². The molecular formula is C15H14N2O2S. The van der Waals surface area contributed by atoms with Crippen molar-refractivity contribution in [2.45, 2.75) is 18.4 Å². The summed E-state index contributed by atoms with van der Waals surface area (Å²) in [5.74, 6) is 0.187. The van der Waals surface area contributed by atoms with Crippen molar-refractivity contribution >= 4 is 33.2 Å². The first-order valence-electron chi connectivity index (χ1n) is 6.73. The van der Waals surface area contributed by atoms with Gasteiger partial charge in [-0.25, -0.2) is 0 Å². The normalized spacial score (nSPS) is 20.2. The van der Waals surface area contributed by atoms with Gasteiger partial charge in [0, 0.05) is 35.0 Å². The predicted molar refractivity (Wildman–Crippen MR) is 77.8 cm³/mol. The molecule has 4 nitrogen and oxygen atoms in total. The first-order valence-corrected chi connectivity index (χ1v) is 7.61. The maximum absolute atomic E-state index is 12.5. The van der Waals surface area contributed by atoms with Crippen LogP contribution < -0.4 is 5.32 Å². The second-order valence-corrected chi connectivity index (χ2v) is 6.55. The summed E-state index contributed by atoms with van der Waals surface area (Å²) in [6.07, 6.45) is 1.43. The number of thiophene rings is 1. The minimum Gasteiger partial charge on any atom is -0.347 e. The smallest absolute Gasteiger partial charge is 0.255 e. The predicted octanol–water partition coefficient (Wildman–Crippen LogP) is 2.01. The molecule has 2 amide bonds. The van der Waals surface area contributed by atoms with Crippen LogP contribution in [-0.2, 0) is 4.79 Å². The molecule has 1 aromatic carbocycles. The number of amides is 2. The van der Waals surface area contributed by atoms with Crippen LogP contribution in [0.2, 0.25) is 0 Å². The molecule has 2 aromatic rings. The summed E-state index contributed by atoms with van der Waals surface area (Å²) in [6, 6.07) is 7.97. The number of benzene rings is 1. The number of rotatable bonds is 1. The second kappa shape index (κ2) is 4.06. The standard InChI is InChI=1S/C15H14N2O2S/c18-13-5-6-15(16-13)8-17(9-15)14(19)11-7-20-12-4-2-1-3-10(11)12/h1-4,7H,5-6,8-9H2,(H,16,18). The zero-order chi connectivity index (χ0) is 13.7. The fourth-order valence-electron chi connectivity index (χ4n) is 3.15. The molecule has 2 saturated heterocycles. The molecule has 102 valence electrons. The molecular weight excluding hydrogens is 272 g/mol. The number of carbonyl (C=O) groups excluding carboxylic acids is 2. The van der Waals surface area contributed by atoms with E-state index in [0.29, 0.717) is 19.5 Å². The largest absolute Gasteiger partial charge is 0.347 e. The quantitative estimate of drug-likeness (QED) is 0.872. The van der Waals surface area contributed by atoms with Gasteiger partial charge >= 0.3 is 0 Å². The van der Waals surface area contributed by atoms with E-state index in [1.807, 2.05) is 34.5 Å². The van der Waals surface area contributed by atoms with Crippen LogP contribution in [0.1, 0.15) is 23.2 Å². The van der Waals surface area contributed by atoms with Crippen molar-refractivity contribution < 1.29 is 9.59 Å². The van der Waals surface area contributed by atoms with E-state index in [1.165, 1.54) is 0 Å². The van der Waals surface area contributed by atoms with E-state index in [4.69, 9.17) is 0 Å². The fraction of sp³-hybridized carbons (Fsp3) is 0.333. The molecule has 2 fully saturated rings. The number of fused-ring (bicyclic) bond motifs is 1. The molecule has 3 heterocycles. The molecule has 0 aliphatic carbocycles. The molecule has 2 aliphatic rings. The molecule has 0 unspecified atom stereocenters. The molecule has 4 rings (SSSR count). The first-order chi connectivity index (χ1) is 9.67. The van der Waals surface area contributed by atoms with Crippen molar-refractivity contribution in [3.05, 3.63) is 35.2 Å². The Balaban J connectivity index is 1.56. The van der Waals surface area contributed by atoms with Crippen LogP contribution in [0, 0.1) is 0 Å². The molecule has 2 aliphatic heterocycles. The number of nitrogens with one attached hydrogen (secondary N) is 1. The van der Waals surface area contributed by atoms with Crippen LogP contribution in [0.3, 0.4) is 0 Å². The van der Waals surface area contributed by atoms with Crippen LogP contribution >= 0.6 is 11.3 Å². The average molecular weight is 286 g/mol. The Hall–Kier alpha value is -1.88. The highest BCUT2D eigenvalue weighted by Gasteiger charge is 2.49. The summed E-state index contributed by atoms with van der Waals surface area (Å²) in [5, 5.41) is 5.97. The minimum atomic E-state index is -0.140. The van der Waals surface area contributed by atoms with E-state index in [0.717, 1.165) is 22.1 Å². The average Bonchev–Trinajstić information content (AvgIpc) is 3.00. The Bertz CT molecular complexity index is 715.